The van der Waals surface area contributed by atoms with E-state index >= 15 is 0 Å². The van der Waals surface area contributed by atoms with Gasteiger partial charge in [-0.05, 0) is 46.4 Å². The lowest BCUT2D eigenvalue weighted by Crippen LogP contribution is -2.28. The topological polar surface area (TPSA) is 74.9 Å². The SMILES string of the molecule is CC1(C)CC(=O)c2c(nc3c(ccc4ccccc43)c2-c2ccc(N=Nc3c(O)ccc4ccccc34)cc2)C1. The minimum absolute atomic E-state index is 0.0858. The molecule has 5 heteroatoms. The van der Waals surface area contributed by atoms with Gasteiger partial charge in [0.05, 0.1) is 16.9 Å². The van der Waals surface area contributed by atoms with Crippen molar-refractivity contribution < 1.29 is 9.90 Å². The Kier molecular flexibility index (Phi) is 5.49. The first-order valence-electron chi connectivity index (χ1n) is 13.5. The first-order valence-corrected chi connectivity index (χ1v) is 13.5. The molecule has 0 fully saturated rings. The van der Waals surface area contributed by atoms with Crippen LogP contribution in [0.3, 0.4) is 0 Å². The van der Waals surface area contributed by atoms with Crippen molar-refractivity contribution in [2.24, 2.45) is 15.6 Å². The molecule has 0 unspecified atom stereocenters. The first kappa shape index (κ1) is 24.2. The monoisotopic (exact) mass is 521 g/mol. The molecule has 0 saturated carbocycles. The summed E-state index contributed by atoms with van der Waals surface area (Å²) in [5.74, 6) is 0.224. The molecule has 1 heterocycles. The number of ketones is 1. The molecule has 194 valence electrons. The third kappa shape index (κ3) is 4.02. The normalized spacial score (nSPS) is 14.8. The quantitative estimate of drug-likeness (QED) is 0.186. The van der Waals surface area contributed by atoms with Gasteiger partial charge < -0.3 is 5.11 Å². The largest absolute Gasteiger partial charge is 0.506 e. The molecule has 0 bridgehead atoms. The fourth-order valence-electron chi connectivity index (χ4n) is 5.97. The van der Waals surface area contributed by atoms with E-state index in [9.17, 15) is 9.90 Å². The lowest BCUT2D eigenvalue weighted by atomic mass is 9.73. The van der Waals surface area contributed by atoms with Crippen LogP contribution in [0, 0.1) is 5.41 Å². The van der Waals surface area contributed by atoms with E-state index in [-0.39, 0.29) is 16.9 Å². The standard InChI is InChI=1S/C35H27N3O2/c1-35(2)19-28-32(30(40)20-35)31(27-17-13-21-7-3-5-9-25(21)33(27)36-28)23-11-15-24(16-12-23)37-38-34-26-10-6-4-8-22(26)14-18-29(34)39/h3-18,39H,19-20H2,1-2H3. The number of phenols is 1. The Morgan fingerprint density at radius 2 is 1.38 bits per heavy atom. The van der Waals surface area contributed by atoms with Crippen LogP contribution in [0.5, 0.6) is 5.75 Å². The molecule has 5 nitrogen and oxygen atoms in total. The van der Waals surface area contributed by atoms with Gasteiger partial charge >= 0.3 is 0 Å². The van der Waals surface area contributed by atoms with Gasteiger partial charge in [-0.25, -0.2) is 0 Å². The Labute approximate surface area is 231 Å². The van der Waals surface area contributed by atoms with Crippen molar-refractivity contribution in [2.45, 2.75) is 26.7 Å². The van der Waals surface area contributed by atoms with Gasteiger partial charge in [-0.1, -0.05) is 92.7 Å². The minimum Gasteiger partial charge on any atom is -0.506 e. The lowest BCUT2D eigenvalue weighted by Gasteiger charge is -2.31. The highest BCUT2D eigenvalue weighted by Gasteiger charge is 2.35. The number of nitrogens with zero attached hydrogens (tertiary/aromatic N) is 3. The molecule has 1 N–H and O–H groups in total. The Balaban J connectivity index is 1.37. The molecule has 0 spiro atoms. The number of benzene rings is 5. The second-order valence-electron chi connectivity index (χ2n) is 11.3. The molecular formula is C35H27N3O2. The smallest absolute Gasteiger partial charge is 0.165 e. The van der Waals surface area contributed by atoms with Crippen molar-refractivity contribution in [3.8, 4) is 16.9 Å². The number of aromatic nitrogens is 1. The van der Waals surface area contributed by atoms with Gasteiger partial charge in [0.1, 0.15) is 11.4 Å². The summed E-state index contributed by atoms with van der Waals surface area (Å²) in [5.41, 5.74) is 5.36. The van der Waals surface area contributed by atoms with E-state index < -0.39 is 0 Å². The highest BCUT2D eigenvalue weighted by Crippen LogP contribution is 2.43. The number of pyridine rings is 1. The summed E-state index contributed by atoms with van der Waals surface area (Å²) in [6.45, 7) is 4.27. The van der Waals surface area contributed by atoms with Crippen molar-refractivity contribution >= 4 is 49.6 Å². The van der Waals surface area contributed by atoms with Crippen LogP contribution in [0.15, 0.2) is 107 Å². The zero-order valence-corrected chi connectivity index (χ0v) is 22.3. The number of aromatic hydroxyl groups is 1. The molecule has 40 heavy (non-hydrogen) atoms. The van der Waals surface area contributed by atoms with Crippen LogP contribution in [0.1, 0.15) is 36.3 Å². The molecule has 0 aliphatic heterocycles. The Morgan fingerprint density at radius 3 is 2.15 bits per heavy atom. The molecule has 7 rings (SSSR count). The number of rotatable bonds is 3. The predicted molar refractivity (Wildman–Crippen MR) is 161 cm³/mol. The number of fused-ring (bicyclic) bond motifs is 5. The zero-order chi connectivity index (χ0) is 27.4. The van der Waals surface area contributed by atoms with Gasteiger partial charge in [-0.15, -0.1) is 5.11 Å². The number of hydrogen-bond donors (Lipinski definition) is 1. The van der Waals surface area contributed by atoms with Crippen LogP contribution in [0.25, 0.3) is 43.6 Å². The first-order chi connectivity index (χ1) is 19.4. The van der Waals surface area contributed by atoms with Crippen LogP contribution in [0.4, 0.5) is 11.4 Å². The van der Waals surface area contributed by atoms with Crippen molar-refractivity contribution in [3.63, 3.8) is 0 Å². The summed E-state index contributed by atoms with van der Waals surface area (Å²) in [4.78, 5) is 18.7. The number of hydrogen-bond acceptors (Lipinski definition) is 5. The molecule has 0 atom stereocenters. The third-order valence-corrected chi connectivity index (χ3v) is 7.82. The van der Waals surface area contributed by atoms with E-state index in [1.165, 1.54) is 0 Å². The molecule has 1 aliphatic carbocycles. The lowest BCUT2D eigenvalue weighted by molar-refractivity contribution is 0.0911. The molecule has 6 aromatic rings. The van der Waals surface area contributed by atoms with Gasteiger partial charge in [0, 0.05) is 33.7 Å². The van der Waals surface area contributed by atoms with E-state index in [0.29, 0.717) is 17.8 Å². The summed E-state index contributed by atoms with van der Waals surface area (Å²) < 4.78 is 0. The average Bonchev–Trinajstić information content (AvgIpc) is 2.95. The molecule has 0 radical (unpaired) electrons. The van der Waals surface area contributed by atoms with Crippen LogP contribution in [-0.2, 0) is 6.42 Å². The predicted octanol–water partition coefficient (Wildman–Crippen LogP) is 9.48. The Bertz CT molecular complexity index is 2010. The minimum atomic E-state index is -0.135. The van der Waals surface area contributed by atoms with E-state index in [1.54, 1.807) is 6.07 Å². The van der Waals surface area contributed by atoms with Crippen molar-refractivity contribution in [1.29, 1.82) is 0 Å². The molecule has 0 saturated heterocycles. The highest BCUT2D eigenvalue weighted by atomic mass is 16.3. The molecule has 1 aliphatic rings. The van der Waals surface area contributed by atoms with Crippen LogP contribution >= 0.6 is 0 Å². The van der Waals surface area contributed by atoms with Gasteiger partial charge in [-0.3, -0.25) is 9.78 Å². The molecule has 5 aromatic carbocycles. The van der Waals surface area contributed by atoms with E-state index in [0.717, 1.165) is 61.3 Å². The number of phenolic OH excluding ortho intramolecular Hbond substituents is 1. The maximum Gasteiger partial charge on any atom is 0.165 e. The summed E-state index contributed by atoms with van der Waals surface area (Å²) in [5, 5.41) is 24.3. The van der Waals surface area contributed by atoms with Crippen LogP contribution in [-0.4, -0.2) is 15.9 Å². The fourth-order valence-corrected chi connectivity index (χ4v) is 5.97. The second-order valence-corrected chi connectivity index (χ2v) is 11.3. The Hall–Kier alpha value is -4.90. The highest BCUT2D eigenvalue weighted by molar-refractivity contribution is 6.16. The maximum absolute atomic E-state index is 13.6. The van der Waals surface area contributed by atoms with Crippen LogP contribution < -0.4 is 0 Å². The van der Waals surface area contributed by atoms with Gasteiger partial charge in [0.15, 0.2) is 5.78 Å². The van der Waals surface area contributed by atoms with Gasteiger partial charge in [-0.2, -0.15) is 5.11 Å². The number of carbonyl (C=O) groups excluding carboxylic acids is 1. The van der Waals surface area contributed by atoms with E-state index in [4.69, 9.17) is 4.98 Å². The van der Waals surface area contributed by atoms with Crippen LogP contribution in [0.2, 0.25) is 0 Å². The van der Waals surface area contributed by atoms with Crippen molar-refractivity contribution in [1.82, 2.24) is 4.98 Å². The van der Waals surface area contributed by atoms with E-state index in [2.05, 4.69) is 48.3 Å². The number of Topliss-reactive ketones (excluding diaryl/α,β-unsaturated/α-hetero) is 1. The summed E-state index contributed by atoms with van der Waals surface area (Å²) in [6, 6.07) is 31.5. The average molecular weight is 522 g/mol. The maximum atomic E-state index is 13.6. The van der Waals surface area contributed by atoms with Crippen molar-refractivity contribution in [3.05, 3.63) is 108 Å². The zero-order valence-electron chi connectivity index (χ0n) is 22.3. The fraction of sp³-hybridized carbons (Fsp3) is 0.143. The van der Waals surface area contributed by atoms with Crippen molar-refractivity contribution in [2.75, 3.05) is 0 Å². The third-order valence-electron chi connectivity index (χ3n) is 7.82. The molecule has 0 amide bonds. The molecule has 1 aromatic heterocycles. The second kappa shape index (κ2) is 9.09. The number of carbonyl (C=O) groups is 1. The molecular weight excluding hydrogens is 494 g/mol. The summed E-state index contributed by atoms with van der Waals surface area (Å²) >= 11 is 0. The number of azo groups is 1. The summed E-state index contributed by atoms with van der Waals surface area (Å²) in [6.07, 6.45) is 1.25. The van der Waals surface area contributed by atoms with E-state index in [1.807, 2.05) is 66.7 Å². The summed E-state index contributed by atoms with van der Waals surface area (Å²) in [7, 11) is 0. The Morgan fingerprint density at radius 1 is 0.700 bits per heavy atom. The van der Waals surface area contributed by atoms with Gasteiger partial charge in [0.2, 0.25) is 0 Å². The van der Waals surface area contributed by atoms with Gasteiger partial charge in [0.25, 0.3) is 0 Å².